The minimum Gasteiger partial charge on any atom is -0.496 e. The van der Waals surface area contributed by atoms with Crippen LogP contribution in [0.4, 0.5) is 4.39 Å². The molecule has 0 spiro atoms. The van der Waals surface area contributed by atoms with Gasteiger partial charge in [-0.15, -0.1) is 0 Å². The van der Waals surface area contributed by atoms with E-state index in [0.29, 0.717) is 11.3 Å². The van der Waals surface area contributed by atoms with E-state index in [1.807, 2.05) is 0 Å². The SMILES string of the molecule is COc1ccccc1C(=O)c1cccc(OC)c1F. The molecule has 2 rings (SSSR count). The average molecular weight is 260 g/mol. The molecule has 2 aromatic rings. The molecule has 19 heavy (non-hydrogen) atoms. The molecule has 4 heteroatoms. The Hall–Kier alpha value is -2.36. The van der Waals surface area contributed by atoms with Gasteiger partial charge in [0.15, 0.2) is 17.3 Å². The summed E-state index contributed by atoms with van der Waals surface area (Å²) < 4.78 is 24.0. The third-order valence-electron chi connectivity index (χ3n) is 2.78. The second-order valence-electron chi connectivity index (χ2n) is 3.85. The van der Waals surface area contributed by atoms with Crippen molar-refractivity contribution in [3.63, 3.8) is 0 Å². The average Bonchev–Trinajstić information content (AvgIpc) is 2.46. The first-order valence-corrected chi connectivity index (χ1v) is 5.69. The maximum Gasteiger partial charge on any atom is 0.199 e. The molecule has 0 unspecified atom stereocenters. The molecule has 0 radical (unpaired) electrons. The first-order valence-electron chi connectivity index (χ1n) is 5.69. The number of methoxy groups -OCH3 is 2. The van der Waals surface area contributed by atoms with Crippen molar-refractivity contribution < 1.29 is 18.7 Å². The molecular formula is C15H13FO3. The van der Waals surface area contributed by atoms with Crippen LogP contribution >= 0.6 is 0 Å². The molecular weight excluding hydrogens is 247 g/mol. The minimum atomic E-state index is -0.666. The van der Waals surface area contributed by atoms with E-state index in [4.69, 9.17) is 9.47 Å². The third-order valence-corrected chi connectivity index (χ3v) is 2.78. The fourth-order valence-corrected chi connectivity index (χ4v) is 1.82. The highest BCUT2D eigenvalue weighted by atomic mass is 19.1. The molecule has 0 aliphatic heterocycles. The zero-order valence-corrected chi connectivity index (χ0v) is 10.6. The minimum absolute atomic E-state index is 0.0381. The van der Waals surface area contributed by atoms with E-state index in [-0.39, 0.29) is 11.3 Å². The predicted molar refractivity (Wildman–Crippen MR) is 69.4 cm³/mol. The number of hydrogen-bond acceptors (Lipinski definition) is 3. The summed E-state index contributed by atoms with van der Waals surface area (Å²) in [5.74, 6) is -0.648. The summed E-state index contributed by atoms with van der Waals surface area (Å²) in [6.07, 6.45) is 0. The summed E-state index contributed by atoms with van der Waals surface area (Å²) in [6, 6.07) is 11.2. The van der Waals surface area contributed by atoms with E-state index in [1.165, 1.54) is 26.4 Å². The van der Waals surface area contributed by atoms with Gasteiger partial charge in [-0.05, 0) is 24.3 Å². The van der Waals surface area contributed by atoms with E-state index in [2.05, 4.69) is 0 Å². The number of hydrogen-bond donors (Lipinski definition) is 0. The summed E-state index contributed by atoms with van der Waals surface area (Å²) in [7, 11) is 2.82. The number of rotatable bonds is 4. The molecule has 3 nitrogen and oxygen atoms in total. The fraction of sp³-hybridized carbons (Fsp3) is 0.133. The molecule has 0 aromatic heterocycles. The Kier molecular flexibility index (Phi) is 3.80. The summed E-state index contributed by atoms with van der Waals surface area (Å²) in [4.78, 5) is 12.3. The van der Waals surface area contributed by atoms with Gasteiger partial charge in [0.25, 0.3) is 0 Å². The molecule has 0 saturated carbocycles. The van der Waals surface area contributed by atoms with Crippen LogP contribution in [0.1, 0.15) is 15.9 Å². The Bertz CT molecular complexity index is 608. The molecule has 0 bridgehead atoms. The van der Waals surface area contributed by atoms with Crippen molar-refractivity contribution in [2.45, 2.75) is 0 Å². The van der Waals surface area contributed by atoms with Crippen molar-refractivity contribution in [1.82, 2.24) is 0 Å². The Morgan fingerprint density at radius 2 is 1.47 bits per heavy atom. The van der Waals surface area contributed by atoms with Gasteiger partial charge in [-0.25, -0.2) is 4.39 Å². The van der Waals surface area contributed by atoms with Crippen molar-refractivity contribution in [2.75, 3.05) is 14.2 Å². The third kappa shape index (κ3) is 2.42. The number of benzene rings is 2. The Morgan fingerprint density at radius 1 is 0.895 bits per heavy atom. The number of carbonyl (C=O) groups excluding carboxylic acids is 1. The molecule has 0 aliphatic carbocycles. The van der Waals surface area contributed by atoms with Gasteiger partial charge in [-0.2, -0.15) is 0 Å². The van der Waals surface area contributed by atoms with Gasteiger partial charge in [0, 0.05) is 0 Å². The normalized spacial score (nSPS) is 10.1. The maximum atomic E-state index is 14.1. The second kappa shape index (κ2) is 5.52. The maximum absolute atomic E-state index is 14.1. The molecule has 98 valence electrons. The van der Waals surface area contributed by atoms with Crippen LogP contribution in [0.3, 0.4) is 0 Å². The lowest BCUT2D eigenvalue weighted by molar-refractivity contribution is 0.103. The van der Waals surface area contributed by atoms with Crippen LogP contribution in [0.25, 0.3) is 0 Å². The summed E-state index contributed by atoms with van der Waals surface area (Å²) in [5.41, 5.74) is 0.279. The van der Waals surface area contributed by atoms with E-state index in [1.54, 1.807) is 30.3 Å². The van der Waals surface area contributed by atoms with E-state index < -0.39 is 11.6 Å². The highest BCUT2D eigenvalue weighted by Crippen LogP contribution is 2.26. The molecule has 2 aromatic carbocycles. The van der Waals surface area contributed by atoms with Gasteiger partial charge < -0.3 is 9.47 Å². The molecule has 0 amide bonds. The van der Waals surface area contributed by atoms with Crippen LogP contribution in [-0.2, 0) is 0 Å². The highest BCUT2D eigenvalue weighted by Gasteiger charge is 2.19. The Morgan fingerprint density at radius 3 is 2.16 bits per heavy atom. The first-order chi connectivity index (χ1) is 9.19. The number of ketones is 1. The lowest BCUT2D eigenvalue weighted by atomic mass is 10.0. The fourth-order valence-electron chi connectivity index (χ4n) is 1.82. The molecule has 0 heterocycles. The lowest BCUT2D eigenvalue weighted by Crippen LogP contribution is -2.07. The van der Waals surface area contributed by atoms with Gasteiger partial charge >= 0.3 is 0 Å². The van der Waals surface area contributed by atoms with Crippen molar-refractivity contribution >= 4 is 5.78 Å². The zero-order chi connectivity index (χ0) is 13.8. The van der Waals surface area contributed by atoms with Crippen LogP contribution < -0.4 is 9.47 Å². The Balaban J connectivity index is 2.50. The van der Waals surface area contributed by atoms with Crippen molar-refractivity contribution in [1.29, 1.82) is 0 Å². The van der Waals surface area contributed by atoms with E-state index in [0.717, 1.165) is 0 Å². The molecule has 0 fully saturated rings. The molecule has 0 atom stereocenters. The second-order valence-corrected chi connectivity index (χ2v) is 3.85. The van der Waals surface area contributed by atoms with Gasteiger partial charge in [-0.3, -0.25) is 4.79 Å². The number of para-hydroxylation sites is 1. The predicted octanol–water partition coefficient (Wildman–Crippen LogP) is 3.07. The quantitative estimate of drug-likeness (QED) is 0.792. The van der Waals surface area contributed by atoms with Crippen molar-refractivity contribution in [3.05, 3.63) is 59.4 Å². The Labute approximate surface area is 110 Å². The van der Waals surface area contributed by atoms with Gasteiger partial charge in [0.2, 0.25) is 0 Å². The monoisotopic (exact) mass is 260 g/mol. The van der Waals surface area contributed by atoms with E-state index >= 15 is 0 Å². The van der Waals surface area contributed by atoms with Crippen LogP contribution in [0.2, 0.25) is 0 Å². The highest BCUT2D eigenvalue weighted by molar-refractivity contribution is 6.11. The number of ether oxygens (including phenoxy) is 2. The summed E-state index contributed by atoms with van der Waals surface area (Å²) in [5, 5.41) is 0. The van der Waals surface area contributed by atoms with Crippen LogP contribution in [-0.4, -0.2) is 20.0 Å². The van der Waals surface area contributed by atoms with Crippen LogP contribution in [0.15, 0.2) is 42.5 Å². The van der Waals surface area contributed by atoms with Crippen molar-refractivity contribution in [2.24, 2.45) is 0 Å². The smallest absolute Gasteiger partial charge is 0.199 e. The lowest BCUT2D eigenvalue weighted by Gasteiger charge is -2.09. The molecule has 0 N–H and O–H groups in total. The van der Waals surface area contributed by atoms with Crippen LogP contribution in [0.5, 0.6) is 11.5 Å². The summed E-state index contributed by atoms with van der Waals surface area (Å²) in [6.45, 7) is 0. The van der Waals surface area contributed by atoms with Gasteiger partial charge in [-0.1, -0.05) is 18.2 Å². The number of carbonyl (C=O) groups is 1. The molecule has 0 saturated heterocycles. The topological polar surface area (TPSA) is 35.5 Å². The standard InChI is InChI=1S/C15H13FO3/c1-18-12-8-4-3-6-10(12)15(17)11-7-5-9-13(19-2)14(11)16/h3-9H,1-2H3. The van der Waals surface area contributed by atoms with Crippen LogP contribution in [0, 0.1) is 5.82 Å². The molecule has 0 aliphatic rings. The van der Waals surface area contributed by atoms with Crippen molar-refractivity contribution in [3.8, 4) is 11.5 Å². The number of halogens is 1. The zero-order valence-electron chi connectivity index (χ0n) is 10.6. The largest absolute Gasteiger partial charge is 0.496 e. The van der Waals surface area contributed by atoms with Gasteiger partial charge in [0.05, 0.1) is 25.3 Å². The summed E-state index contributed by atoms with van der Waals surface area (Å²) >= 11 is 0. The van der Waals surface area contributed by atoms with E-state index in [9.17, 15) is 9.18 Å². The van der Waals surface area contributed by atoms with Gasteiger partial charge in [0.1, 0.15) is 5.75 Å². The first kappa shape index (κ1) is 13.1.